The number of amides is 1. The van der Waals surface area contributed by atoms with Gasteiger partial charge in [0.15, 0.2) is 0 Å². The first-order valence-corrected chi connectivity index (χ1v) is 3.42. The molecule has 4 nitrogen and oxygen atoms in total. The summed E-state index contributed by atoms with van der Waals surface area (Å²) >= 11 is 0. The molecule has 0 aliphatic rings. The normalized spacial score (nSPS) is 11.4. The van der Waals surface area contributed by atoms with E-state index in [9.17, 15) is 9.59 Å². The van der Waals surface area contributed by atoms with Crippen molar-refractivity contribution in [2.24, 2.45) is 0 Å². The predicted octanol–water partition coefficient (Wildman–Crippen LogP) is -0.0588. The van der Waals surface area contributed by atoms with Crippen LogP contribution in [0.4, 0.5) is 0 Å². The zero-order valence-corrected chi connectivity index (χ0v) is 7.07. The lowest BCUT2D eigenvalue weighted by atomic mass is 10.3. The molecule has 0 bridgehead atoms. The standard InChI is InChI=1S/C8H11NO3/c1-4-5-7(10)9(3)6(2)8(11)12/h1,6H,5H2,2-3H3,(H,11,12). The van der Waals surface area contributed by atoms with Crippen LogP contribution in [-0.2, 0) is 9.59 Å². The molecule has 1 N–H and O–H groups in total. The predicted molar refractivity (Wildman–Crippen MR) is 43.3 cm³/mol. The third kappa shape index (κ3) is 2.62. The maximum Gasteiger partial charge on any atom is 0.326 e. The number of carboxylic acid groups (broad SMARTS) is 1. The molecule has 0 saturated heterocycles. The molecule has 1 unspecified atom stereocenters. The number of carboxylic acids is 1. The molecule has 1 amide bonds. The molecule has 1 atom stereocenters. The summed E-state index contributed by atoms with van der Waals surface area (Å²) in [6, 6.07) is -0.828. The van der Waals surface area contributed by atoms with Crippen LogP contribution in [0, 0.1) is 12.3 Å². The number of carbonyl (C=O) groups excluding carboxylic acids is 1. The van der Waals surface area contributed by atoms with Gasteiger partial charge in [0.1, 0.15) is 6.04 Å². The van der Waals surface area contributed by atoms with Crippen molar-refractivity contribution in [3.63, 3.8) is 0 Å². The minimum absolute atomic E-state index is 0.0614. The maximum absolute atomic E-state index is 11.0. The highest BCUT2D eigenvalue weighted by Crippen LogP contribution is 1.98. The lowest BCUT2D eigenvalue weighted by Crippen LogP contribution is -2.39. The van der Waals surface area contributed by atoms with Gasteiger partial charge in [-0.2, -0.15) is 0 Å². The number of rotatable bonds is 3. The minimum Gasteiger partial charge on any atom is -0.480 e. The van der Waals surface area contributed by atoms with Crippen molar-refractivity contribution < 1.29 is 14.7 Å². The van der Waals surface area contributed by atoms with Gasteiger partial charge in [-0.1, -0.05) is 5.92 Å². The van der Waals surface area contributed by atoms with Crippen LogP contribution in [0.3, 0.4) is 0 Å². The van der Waals surface area contributed by atoms with Crippen LogP contribution >= 0.6 is 0 Å². The van der Waals surface area contributed by atoms with Crippen LogP contribution < -0.4 is 0 Å². The first-order chi connectivity index (χ1) is 5.50. The molecule has 66 valence electrons. The van der Waals surface area contributed by atoms with E-state index in [4.69, 9.17) is 11.5 Å². The lowest BCUT2D eigenvalue weighted by Gasteiger charge is -2.20. The van der Waals surface area contributed by atoms with Crippen LogP contribution in [0.2, 0.25) is 0 Å². The maximum atomic E-state index is 11.0. The SMILES string of the molecule is C#CCC(=O)N(C)C(C)C(=O)O. The highest BCUT2D eigenvalue weighted by molar-refractivity contribution is 5.84. The highest BCUT2D eigenvalue weighted by Gasteiger charge is 2.20. The van der Waals surface area contributed by atoms with Gasteiger partial charge in [0, 0.05) is 7.05 Å². The largest absolute Gasteiger partial charge is 0.480 e. The molecule has 12 heavy (non-hydrogen) atoms. The Morgan fingerprint density at radius 2 is 2.17 bits per heavy atom. The van der Waals surface area contributed by atoms with Gasteiger partial charge in [-0.05, 0) is 6.92 Å². The molecule has 0 aromatic rings. The second kappa shape index (κ2) is 4.39. The first-order valence-electron chi connectivity index (χ1n) is 3.42. The van der Waals surface area contributed by atoms with Crippen molar-refractivity contribution in [2.75, 3.05) is 7.05 Å². The van der Waals surface area contributed by atoms with Gasteiger partial charge in [0.25, 0.3) is 0 Å². The number of nitrogens with zero attached hydrogens (tertiary/aromatic N) is 1. The van der Waals surface area contributed by atoms with E-state index >= 15 is 0 Å². The van der Waals surface area contributed by atoms with Gasteiger partial charge in [-0.15, -0.1) is 6.42 Å². The Kier molecular flexibility index (Phi) is 3.84. The summed E-state index contributed by atoms with van der Waals surface area (Å²) in [5.74, 6) is 0.765. The third-order valence-electron chi connectivity index (χ3n) is 1.59. The fraction of sp³-hybridized carbons (Fsp3) is 0.500. The topological polar surface area (TPSA) is 57.6 Å². The first kappa shape index (κ1) is 10.5. The summed E-state index contributed by atoms with van der Waals surface area (Å²) in [6.07, 6.45) is 4.84. The molecule has 4 heteroatoms. The number of hydrogen-bond acceptors (Lipinski definition) is 2. The lowest BCUT2D eigenvalue weighted by molar-refractivity contribution is -0.147. The number of aliphatic carboxylic acids is 1. The molecule has 0 heterocycles. The molecule has 0 rings (SSSR count). The Labute approximate surface area is 71.2 Å². The average Bonchev–Trinajstić information content (AvgIpc) is 2.02. The van der Waals surface area contributed by atoms with Crippen LogP contribution in [-0.4, -0.2) is 35.0 Å². The van der Waals surface area contributed by atoms with Gasteiger partial charge in [0.2, 0.25) is 5.91 Å². The second-order valence-corrected chi connectivity index (χ2v) is 2.40. The fourth-order valence-corrected chi connectivity index (χ4v) is 0.594. The van der Waals surface area contributed by atoms with Crippen LogP contribution in [0.1, 0.15) is 13.3 Å². The van der Waals surface area contributed by atoms with E-state index in [2.05, 4.69) is 5.92 Å². The molecule has 0 aliphatic heterocycles. The third-order valence-corrected chi connectivity index (χ3v) is 1.59. The summed E-state index contributed by atoms with van der Waals surface area (Å²) in [4.78, 5) is 22.5. The summed E-state index contributed by atoms with van der Waals surface area (Å²) in [5, 5.41) is 8.52. The van der Waals surface area contributed by atoms with E-state index in [0.29, 0.717) is 0 Å². The minimum atomic E-state index is -1.04. The summed E-state index contributed by atoms with van der Waals surface area (Å²) in [5.41, 5.74) is 0. The van der Waals surface area contributed by atoms with Crippen molar-refractivity contribution in [3.05, 3.63) is 0 Å². The monoisotopic (exact) mass is 169 g/mol. The van der Waals surface area contributed by atoms with Gasteiger partial charge >= 0.3 is 5.97 Å². The molecule has 0 fully saturated rings. The Hall–Kier alpha value is -1.50. The van der Waals surface area contributed by atoms with Crippen LogP contribution in [0.5, 0.6) is 0 Å². The molecule has 0 radical (unpaired) electrons. The van der Waals surface area contributed by atoms with Gasteiger partial charge in [-0.25, -0.2) is 4.79 Å². The van der Waals surface area contributed by atoms with Crippen molar-refractivity contribution in [2.45, 2.75) is 19.4 Å². The van der Waals surface area contributed by atoms with E-state index in [0.717, 1.165) is 4.90 Å². The molecular weight excluding hydrogens is 158 g/mol. The molecule has 0 spiro atoms. The van der Waals surface area contributed by atoms with Gasteiger partial charge < -0.3 is 10.0 Å². The number of carbonyl (C=O) groups is 2. The second-order valence-electron chi connectivity index (χ2n) is 2.40. The van der Waals surface area contributed by atoms with Gasteiger partial charge in [0.05, 0.1) is 6.42 Å². The van der Waals surface area contributed by atoms with Crippen molar-refractivity contribution in [1.29, 1.82) is 0 Å². The van der Waals surface area contributed by atoms with Crippen LogP contribution in [0.15, 0.2) is 0 Å². The Balaban J connectivity index is 4.20. The fourth-order valence-electron chi connectivity index (χ4n) is 0.594. The molecule has 0 aromatic carbocycles. The quantitative estimate of drug-likeness (QED) is 0.602. The Morgan fingerprint density at radius 3 is 2.50 bits per heavy atom. The molecule has 0 saturated carbocycles. The Morgan fingerprint density at radius 1 is 1.67 bits per heavy atom. The molecular formula is C8H11NO3. The van der Waals surface area contributed by atoms with Crippen LogP contribution in [0.25, 0.3) is 0 Å². The van der Waals surface area contributed by atoms with Crippen molar-refractivity contribution in [3.8, 4) is 12.3 Å². The molecule has 0 aliphatic carbocycles. The van der Waals surface area contributed by atoms with E-state index in [1.54, 1.807) is 0 Å². The van der Waals surface area contributed by atoms with Crippen molar-refractivity contribution in [1.82, 2.24) is 4.90 Å². The average molecular weight is 169 g/mol. The van der Waals surface area contributed by atoms with E-state index in [1.807, 2.05) is 0 Å². The summed E-state index contributed by atoms with van der Waals surface area (Å²) < 4.78 is 0. The van der Waals surface area contributed by atoms with E-state index in [1.165, 1.54) is 14.0 Å². The van der Waals surface area contributed by atoms with Gasteiger partial charge in [-0.3, -0.25) is 4.79 Å². The summed E-state index contributed by atoms with van der Waals surface area (Å²) in [7, 11) is 1.42. The zero-order valence-electron chi connectivity index (χ0n) is 7.07. The summed E-state index contributed by atoms with van der Waals surface area (Å²) in [6.45, 7) is 1.43. The number of hydrogen-bond donors (Lipinski definition) is 1. The number of likely N-dealkylation sites (N-methyl/N-ethyl adjacent to an activating group) is 1. The van der Waals surface area contributed by atoms with E-state index < -0.39 is 12.0 Å². The van der Waals surface area contributed by atoms with E-state index in [-0.39, 0.29) is 12.3 Å². The highest BCUT2D eigenvalue weighted by atomic mass is 16.4. The Bertz CT molecular complexity index is 229. The van der Waals surface area contributed by atoms with Crippen molar-refractivity contribution >= 4 is 11.9 Å². The molecule has 0 aromatic heterocycles. The zero-order chi connectivity index (χ0) is 9.72. The number of terminal acetylenes is 1. The smallest absolute Gasteiger partial charge is 0.326 e.